The van der Waals surface area contributed by atoms with Crippen LogP contribution >= 0.6 is 0 Å². The van der Waals surface area contributed by atoms with Gasteiger partial charge in [0.05, 0.1) is 6.04 Å². The first-order chi connectivity index (χ1) is 11.6. The number of amides is 1. The molecule has 1 aliphatic heterocycles. The molecule has 5 heteroatoms. The maximum absolute atomic E-state index is 13.5. The first kappa shape index (κ1) is 16.5. The van der Waals surface area contributed by atoms with Crippen LogP contribution in [0.1, 0.15) is 12.5 Å². The average Bonchev–Trinajstić information content (AvgIpc) is 2.74. The number of hydrogen-bond acceptors (Lipinski definition) is 3. The van der Waals surface area contributed by atoms with Crippen molar-refractivity contribution < 1.29 is 18.7 Å². The number of rotatable bonds is 3. The van der Waals surface area contributed by atoms with Crippen molar-refractivity contribution in [1.29, 1.82) is 0 Å². The van der Waals surface area contributed by atoms with Gasteiger partial charge < -0.3 is 14.4 Å². The van der Waals surface area contributed by atoms with Crippen LogP contribution in [0, 0.1) is 5.82 Å². The smallest absolute Gasteiger partial charge is 0.249 e. The Hall–Kier alpha value is -2.40. The molecular weight excluding hydrogens is 309 g/mol. The minimum absolute atomic E-state index is 0.0438. The van der Waals surface area contributed by atoms with Gasteiger partial charge in [-0.2, -0.15) is 0 Å². The van der Waals surface area contributed by atoms with E-state index in [0.29, 0.717) is 13.2 Å². The van der Waals surface area contributed by atoms with Crippen LogP contribution in [-0.4, -0.2) is 37.2 Å². The molecule has 24 heavy (non-hydrogen) atoms. The van der Waals surface area contributed by atoms with E-state index in [1.54, 1.807) is 11.0 Å². The van der Waals surface area contributed by atoms with Crippen LogP contribution in [0.5, 0.6) is 5.75 Å². The van der Waals surface area contributed by atoms with Crippen LogP contribution in [0.3, 0.4) is 0 Å². The minimum atomic E-state index is -0.274. The molecule has 0 unspecified atom stereocenters. The van der Waals surface area contributed by atoms with Gasteiger partial charge in [0.25, 0.3) is 0 Å². The molecule has 0 N–H and O–H groups in total. The molecule has 0 saturated carbocycles. The molecule has 1 aliphatic rings. The highest BCUT2D eigenvalue weighted by molar-refractivity contribution is 5.78. The molecule has 1 heterocycles. The van der Waals surface area contributed by atoms with Gasteiger partial charge in [0.2, 0.25) is 5.91 Å². The zero-order valence-electron chi connectivity index (χ0n) is 13.8. The fourth-order valence-corrected chi connectivity index (χ4v) is 2.87. The van der Waals surface area contributed by atoms with Crippen molar-refractivity contribution in [3.8, 4) is 16.9 Å². The summed E-state index contributed by atoms with van der Waals surface area (Å²) >= 11 is 0. The summed E-state index contributed by atoms with van der Waals surface area (Å²) in [5, 5.41) is 0. The molecule has 1 atom stereocenters. The monoisotopic (exact) mass is 329 g/mol. The van der Waals surface area contributed by atoms with Gasteiger partial charge in [-0.25, -0.2) is 4.39 Å². The average molecular weight is 329 g/mol. The first-order valence-electron chi connectivity index (χ1n) is 7.88. The summed E-state index contributed by atoms with van der Waals surface area (Å²) in [5.74, 6) is 0.413. The van der Waals surface area contributed by atoms with Crippen LogP contribution in [-0.2, 0) is 16.1 Å². The van der Waals surface area contributed by atoms with Crippen molar-refractivity contribution in [3.05, 3.63) is 53.8 Å². The van der Waals surface area contributed by atoms with E-state index in [2.05, 4.69) is 0 Å². The van der Waals surface area contributed by atoms with E-state index >= 15 is 0 Å². The lowest BCUT2D eigenvalue weighted by Crippen LogP contribution is -2.41. The van der Waals surface area contributed by atoms with Crippen LogP contribution in [0.2, 0.25) is 0 Å². The maximum Gasteiger partial charge on any atom is 0.249 e. The Morgan fingerprint density at radius 3 is 2.83 bits per heavy atom. The molecule has 0 saturated heterocycles. The molecule has 4 nitrogen and oxygen atoms in total. The third-order valence-corrected chi connectivity index (χ3v) is 4.16. The fourth-order valence-electron chi connectivity index (χ4n) is 2.87. The molecule has 2 aromatic rings. The highest BCUT2D eigenvalue weighted by Gasteiger charge is 2.25. The number of carbonyl (C=O) groups is 1. The van der Waals surface area contributed by atoms with Gasteiger partial charge in [0.1, 0.15) is 24.8 Å². The van der Waals surface area contributed by atoms with Crippen LogP contribution in [0.4, 0.5) is 4.39 Å². The second kappa shape index (κ2) is 7.01. The highest BCUT2D eigenvalue weighted by Crippen LogP contribution is 2.30. The van der Waals surface area contributed by atoms with Gasteiger partial charge in [-0.1, -0.05) is 18.2 Å². The van der Waals surface area contributed by atoms with E-state index in [1.807, 2.05) is 31.2 Å². The molecule has 1 amide bonds. The normalized spacial score (nSPS) is 17.0. The molecular formula is C19H20FNO3. The number of nitrogens with zero attached hydrogens (tertiary/aromatic N) is 1. The molecule has 0 fully saturated rings. The van der Waals surface area contributed by atoms with E-state index < -0.39 is 0 Å². The quantitative estimate of drug-likeness (QED) is 0.868. The van der Waals surface area contributed by atoms with Crippen molar-refractivity contribution in [1.82, 2.24) is 4.90 Å². The Morgan fingerprint density at radius 1 is 1.29 bits per heavy atom. The Morgan fingerprint density at radius 2 is 2.08 bits per heavy atom. The lowest BCUT2D eigenvalue weighted by atomic mass is 10.0. The number of halogens is 1. The molecule has 0 bridgehead atoms. The van der Waals surface area contributed by atoms with Crippen LogP contribution in [0.15, 0.2) is 42.5 Å². The topological polar surface area (TPSA) is 38.8 Å². The Bertz CT molecular complexity index is 747. The van der Waals surface area contributed by atoms with Crippen molar-refractivity contribution in [2.75, 3.05) is 20.3 Å². The maximum atomic E-state index is 13.5. The van der Waals surface area contributed by atoms with Crippen molar-refractivity contribution in [3.63, 3.8) is 0 Å². The number of carbonyl (C=O) groups excluding carboxylic acids is 1. The van der Waals surface area contributed by atoms with Gasteiger partial charge in [-0.3, -0.25) is 4.79 Å². The predicted octanol–water partition coefficient (Wildman–Crippen LogP) is 3.25. The zero-order chi connectivity index (χ0) is 17.1. The Kier molecular flexibility index (Phi) is 4.81. The van der Waals surface area contributed by atoms with Crippen LogP contribution < -0.4 is 4.74 Å². The van der Waals surface area contributed by atoms with Gasteiger partial charge in [-0.05, 0) is 42.3 Å². The number of benzene rings is 2. The highest BCUT2D eigenvalue weighted by atomic mass is 19.1. The minimum Gasteiger partial charge on any atom is -0.491 e. The molecule has 2 aromatic carbocycles. The summed E-state index contributed by atoms with van der Waals surface area (Å²) in [6, 6.07) is 12.2. The molecule has 0 aromatic heterocycles. The standard InChI is InChI=1S/C19H20FNO3/c1-13-11-24-18-7-6-15(14-4-3-5-17(20)9-14)8-16(18)10-21(13)19(22)12-23-2/h3-9,13H,10-12H2,1-2H3/t13-/m0/s1. The van der Waals surface area contributed by atoms with Gasteiger partial charge >= 0.3 is 0 Å². The number of methoxy groups -OCH3 is 1. The van der Waals surface area contributed by atoms with E-state index in [9.17, 15) is 9.18 Å². The number of fused-ring (bicyclic) bond motifs is 1. The molecule has 0 radical (unpaired) electrons. The fraction of sp³-hybridized carbons (Fsp3) is 0.316. The summed E-state index contributed by atoms with van der Waals surface area (Å²) in [4.78, 5) is 14.0. The van der Waals surface area contributed by atoms with E-state index in [-0.39, 0.29) is 24.4 Å². The lowest BCUT2D eigenvalue weighted by molar-refractivity contribution is -0.138. The van der Waals surface area contributed by atoms with Gasteiger partial charge in [0, 0.05) is 19.2 Å². The molecule has 0 spiro atoms. The second-order valence-corrected chi connectivity index (χ2v) is 5.95. The second-order valence-electron chi connectivity index (χ2n) is 5.95. The summed E-state index contributed by atoms with van der Waals surface area (Å²) < 4.78 is 24.3. The van der Waals surface area contributed by atoms with Gasteiger partial charge in [-0.15, -0.1) is 0 Å². The lowest BCUT2D eigenvalue weighted by Gasteiger charge is -2.26. The van der Waals surface area contributed by atoms with E-state index in [0.717, 1.165) is 22.4 Å². The van der Waals surface area contributed by atoms with Crippen LogP contribution in [0.25, 0.3) is 11.1 Å². The van der Waals surface area contributed by atoms with Crippen molar-refractivity contribution >= 4 is 5.91 Å². The molecule has 3 rings (SSSR count). The SMILES string of the molecule is COCC(=O)N1Cc2cc(-c3cccc(F)c3)ccc2OC[C@@H]1C. The summed E-state index contributed by atoms with van der Waals surface area (Å²) in [6.45, 7) is 2.87. The van der Waals surface area contributed by atoms with Crippen molar-refractivity contribution in [2.45, 2.75) is 19.5 Å². The number of ether oxygens (including phenoxy) is 2. The summed E-state index contributed by atoms with van der Waals surface area (Å²) in [5.41, 5.74) is 2.60. The Balaban J connectivity index is 1.94. The van der Waals surface area contributed by atoms with E-state index in [1.165, 1.54) is 19.2 Å². The largest absolute Gasteiger partial charge is 0.491 e. The third kappa shape index (κ3) is 3.41. The predicted molar refractivity (Wildman–Crippen MR) is 89.2 cm³/mol. The Labute approximate surface area is 140 Å². The van der Waals surface area contributed by atoms with Crippen molar-refractivity contribution in [2.24, 2.45) is 0 Å². The third-order valence-electron chi connectivity index (χ3n) is 4.16. The summed E-state index contributed by atoms with van der Waals surface area (Å²) in [6.07, 6.45) is 0. The summed E-state index contributed by atoms with van der Waals surface area (Å²) in [7, 11) is 1.51. The van der Waals surface area contributed by atoms with E-state index in [4.69, 9.17) is 9.47 Å². The number of hydrogen-bond donors (Lipinski definition) is 0. The van der Waals surface area contributed by atoms with Gasteiger partial charge in [0.15, 0.2) is 0 Å². The zero-order valence-corrected chi connectivity index (χ0v) is 13.8. The molecule has 126 valence electrons. The molecule has 0 aliphatic carbocycles. The first-order valence-corrected chi connectivity index (χ1v) is 7.88.